The Morgan fingerprint density at radius 1 is 0.886 bits per heavy atom. The number of hydrogen-bond acceptors (Lipinski definition) is 7. The van der Waals surface area contributed by atoms with Crippen molar-refractivity contribution < 1.29 is 23.8 Å². The van der Waals surface area contributed by atoms with Gasteiger partial charge in [0.1, 0.15) is 23.9 Å². The van der Waals surface area contributed by atoms with E-state index < -0.39 is 5.97 Å². The largest absolute Gasteiger partial charge is 0.496 e. The Labute approximate surface area is 258 Å². The molecule has 0 atom stereocenters. The van der Waals surface area contributed by atoms with E-state index in [4.69, 9.17) is 25.4 Å². The summed E-state index contributed by atoms with van der Waals surface area (Å²) in [6.07, 6.45) is 0. The Balaban J connectivity index is 1.56. The fraction of sp³-hybridized carbons (Fsp3) is 0.114. The summed E-state index contributed by atoms with van der Waals surface area (Å²) < 4.78 is 17.1. The van der Waals surface area contributed by atoms with Crippen LogP contribution in [0.3, 0.4) is 0 Å². The molecule has 0 spiro atoms. The zero-order chi connectivity index (χ0) is 31.0. The molecule has 2 heterocycles. The lowest BCUT2D eigenvalue weighted by molar-refractivity contribution is 0.0601. The number of hydrogen-bond donors (Lipinski definition) is 3. The first kappa shape index (κ1) is 28.7. The zero-order valence-electron chi connectivity index (χ0n) is 24.3. The van der Waals surface area contributed by atoms with Crippen LogP contribution in [-0.2, 0) is 11.3 Å². The van der Waals surface area contributed by atoms with Gasteiger partial charge in [-0.3, -0.25) is 10.2 Å². The van der Waals surface area contributed by atoms with E-state index in [-0.39, 0.29) is 11.7 Å². The zero-order valence-corrected chi connectivity index (χ0v) is 25.1. The highest BCUT2D eigenvalue weighted by Crippen LogP contribution is 2.44. The topological polar surface area (TPSA) is 124 Å². The average molecular weight is 604 g/mol. The van der Waals surface area contributed by atoms with Gasteiger partial charge in [-0.25, -0.2) is 4.79 Å². The first-order valence-corrected chi connectivity index (χ1v) is 14.7. The van der Waals surface area contributed by atoms with Gasteiger partial charge in [-0.05, 0) is 101 Å². The molecule has 1 amide bonds. The van der Waals surface area contributed by atoms with E-state index in [1.54, 1.807) is 43.5 Å². The summed E-state index contributed by atoms with van der Waals surface area (Å²) >= 11 is 1.53. The monoisotopic (exact) mass is 603 g/mol. The van der Waals surface area contributed by atoms with Gasteiger partial charge in [-0.1, -0.05) is 17.7 Å². The second kappa shape index (κ2) is 11.7. The van der Waals surface area contributed by atoms with Crippen LogP contribution < -0.4 is 20.5 Å². The maximum absolute atomic E-state index is 14.0. The summed E-state index contributed by atoms with van der Waals surface area (Å²) in [6.45, 7) is 2.30. The van der Waals surface area contributed by atoms with Crippen LogP contribution >= 0.6 is 11.3 Å². The average Bonchev–Trinajstić information content (AvgIpc) is 3.58. The number of thiophene rings is 1. The van der Waals surface area contributed by atoms with E-state index in [0.717, 1.165) is 38.4 Å². The van der Waals surface area contributed by atoms with Gasteiger partial charge in [0, 0.05) is 32.8 Å². The molecule has 0 radical (unpaired) electrons. The van der Waals surface area contributed by atoms with Crippen LogP contribution in [0.5, 0.6) is 11.5 Å². The molecule has 0 bridgehead atoms. The molecule has 0 saturated heterocycles. The van der Waals surface area contributed by atoms with Crippen molar-refractivity contribution in [2.24, 2.45) is 5.73 Å². The van der Waals surface area contributed by atoms with Crippen LogP contribution in [-0.4, -0.2) is 31.9 Å². The minimum atomic E-state index is -0.532. The van der Waals surface area contributed by atoms with Gasteiger partial charge < -0.3 is 25.3 Å². The van der Waals surface area contributed by atoms with Crippen LogP contribution in [0.25, 0.3) is 32.7 Å². The van der Waals surface area contributed by atoms with E-state index in [1.807, 2.05) is 54.8 Å². The Kier molecular flexibility index (Phi) is 7.63. The predicted octanol–water partition coefficient (Wildman–Crippen LogP) is 7.28. The van der Waals surface area contributed by atoms with Crippen molar-refractivity contribution in [1.82, 2.24) is 0 Å². The highest BCUT2D eigenvalue weighted by molar-refractivity contribution is 7.13. The number of aryl methyl sites for hydroxylation is 1. The Bertz CT molecular complexity index is 1930. The van der Waals surface area contributed by atoms with Gasteiger partial charge in [-0.15, -0.1) is 11.3 Å². The van der Waals surface area contributed by atoms with Crippen molar-refractivity contribution in [3.8, 4) is 44.2 Å². The molecule has 0 saturated carbocycles. The Morgan fingerprint density at radius 2 is 1.64 bits per heavy atom. The number of fused-ring (bicyclic) bond motifs is 3. The molecule has 9 heteroatoms. The molecule has 0 fully saturated rings. The van der Waals surface area contributed by atoms with Crippen molar-refractivity contribution in [2.45, 2.75) is 13.5 Å². The number of carbonyl (C=O) groups excluding carboxylic acids is 2. The molecular formula is C35H29N3O5S. The van der Waals surface area contributed by atoms with E-state index in [2.05, 4.69) is 5.32 Å². The van der Waals surface area contributed by atoms with E-state index in [9.17, 15) is 9.59 Å². The number of nitrogens with two attached hydrogens (primary N) is 1. The predicted molar refractivity (Wildman–Crippen MR) is 173 cm³/mol. The van der Waals surface area contributed by atoms with Crippen LogP contribution in [0.1, 0.15) is 37.4 Å². The molecule has 8 nitrogen and oxygen atoms in total. The smallest absolute Gasteiger partial charge is 0.338 e. The SMILES string of the molecule is COC(=O)c1cc2c(cc1-c1cc(OC)c(-c3cccs3)cc1C(=O)Nc1ccc(C(=N)N)cc1)COc1ccc(C)cc1-2. The fourth-order valence-corrected chi connectivity index (χ4v) is 6.11. The van der Waals surface area contributed by atoms with Gasteiger partial charge >= 0.3 is 5.97 Å². The molecule has 1 aromatic heterocycles. The summed E-state index contributed by atoms with van der Waals surface area (Å²) in [7, 11) is 2.92. The maximum Gasteiger partial charge on any atom is 0.338 e. The molecular weight excluding hydrogens is 574 g/mol. The van der Waals surface area contributed by atoms with Crippen LogP contribution in [0, 0.1) is 12.3 Å². The number of carbonyl (C=O) groups is 2. The number of esters is 1. The number of benzene rings is 4. The lowest BCUT2D eigenvalue weighted by Gasteiger charge is -2.24. The van der Waals surface area contributed by atoms with Gasteiger partial charge in [-0.2, -0.15) is 0 Å². The quantitative estimate of drug-likeness (QED) is 0.102. The molecule has 220 valence electrons. The summed E-state index contributed by atoms with van der Waals surface area (Å²) in [4.78, 5) is 28.3. The van der Waals surface area contributed by atoms with Crippen molar-refractivity contribution >= 4 is 34.7 Å². The molecule has 4 aromatic carbocycles. The van der Waals surface area contributed by atoms with E-state index in [1.165, 1.54) is 18.4 Å². The third-order valence-corrected chi connectivity index (χ3v) is 8.48. The fourth-order valence-electron chi connectivity index (χ4n) is 5.37. The van der Waals surface area contributed by atoms with Gasteiger partial charge in [0.15, 0.2) is 0 Å². The number of amides is 1. The number of rotatable bonds is 7. The first-order chi connectivity index (χ1) is 21.3. The summed E-state index contributed by atoms with van der Waals surface area (Å²) in [6, 6.07) is 23.8. The normalized spacial score (nSPS) is 11.5. The highest BCUT2D eigenvalue weighted by atomic mass is 32.1. The molecule has 5 aromatic rings. The molecule has 44 heavy (non-hydrogen) atoms. The molecule has 4 N–H and O–H groups in total. The maximum atomic E-state index is 14.0. The van der Waals surface area contributed by atoms with Crippen LogP contribution in [0.4, 0.5) is 5.69 Å². The number of methoxy groups -OCH3 is 2. The third kappa shape index (κ3) is 5.29. The standard InChI is InChI=1S/C35H29N3O5S/c1-19-6-11-30-26(13-19)23-15-28(35(40)42-3)24(14-21(23)18-43-30)25-17-31(41-2)29(32-5-4-12-44-32)16-27(25)34(39)38-22-9-7-20(8-10-22)33(36)37/h4-17H,18H2,1-3H3,(H3,36,37)(H,38,39). The molecule has 0 unspecified atom stereocenters. The molecule has 0 aliphatic carbocycles. The third-order valence-electron chi connectivity index (χ3n) is 7.57. The minimum absolute atomic E-state index is 0.0644. The number of nitrogens with one attached hydrogen (secondary N) is 2. The van der Waals surface area contributed by atoms with Crippen molar-refractivity contribution in [1.29, 1.82) is 5.41 Å². The second-order valence-corrected chi connectivity index (χ2v) is 11.3. The van der Waals surface area contributed by atoms with Gasteiger partial charge in [0.05, 0.1) is 19.8 Å². The van der Waals surface area contributed by atoms with Gasteiger partial charge in [0.25, 0.3) is 5.91 Å². The van der Waals surface area contributed by atoms with Crippen molar-refractivity contribution in [3.05, 3.63) is 112 Å². The van der Waals surface area contributed by atoms with E-state index in [0.29, 0.717) is 45.9 Å². The highest BCUT2D eigenvalue weighted by Gasteiger charge is 2.27. The first-order valence-electron chi connectivity index (χ1n) is 13.8. The number of anilines is 1. The van der Waals surface area contributed by atoms with Crippen LogP contribution in [0.15, 0.2) is 84.2 Å². The number of amidine groups is 1. The van der Waals surface area contributed by atoms with Crippen molar-refractivity contribution in [2.75, 3.05) is 19.5 Å². The van der Waals surface area contributed by atoms with Crippen molar-refractivity contribution in [3.63, 3.8) is 0 Å². The number of nitrogen functional groups attached to an aromatic ring is 1. The minimum Gasteiger partial charge on any atom is -0.496 e. The Hall–Kier alpha value is -5.41. The van der Waals surface area contributed by atoms with E-state index >= 15 is 0 Å². The molecule has 6 rings (SSSR count). The van der Waals surface area contributed by atoms with Crippen LogP contribution in [0.2, 0.25) is 0 Å². The summed E-state index contributed by atoms with van der Waals surface area (Å²) in [5.41, 5.74) is 12.8. The molecule has 1 aliphatic heterocycles. The summed E-state index contributed by atoms with van der Waals surface area (Å²) in [5.74, 6) is 0.309. The summed E-state index contributed by atoms with van der Waals surface area (Å²) in [5, 5.41) is 12.6. The molecule has 1 aliphatic rings. The second-order valence-electron chi connectivity index (χ2n) is 10.4. The van der Waals surface area contributed by atoms with Gasteiger partial charge in [0.2, 0.25) is 0 Å². The lowest BCUT2D eigenvalue weighted by atomic mass is 9.86. The lowest BCUT2D eigenvalue weighted by Crippen LogP contribution is -2.16. The number of ether oxygens (including phenoxy) is 3. The Morgan fingerprint density at radius 3 is 2.32 bits per heavy atom.